The van der Waals surface area contributed by atoms with Crippen molar-refractivity contribution in [3.63, 3.8) is 0 Å². The Labute approximate surface area is 145 Å². The molecule has 2 aliphatic rings. The zero-order valence-corrected chi connectivity index (χ0v) is 14.4. The lowest BCUT2D eigenvalue weighted by atomic mass is 9.86. The van der Waals surface area contributed by atoms with Gasteiger partial charge in [0.05, 0.1) is 12.0 Å². The lowest BCUT2D eigenvalue weighted by molar-refractivity contribution is -0.142. The Morgan fingerprint density at radius 3 is 2.54 bits per heavy atom. The number of amides is 2. The minimum Gasteiger partial charge on any atom is -0.481 e. The Hall–Kier alpha value is -1.60. The van der Waals surface area contributed by atoms with Gasteiger partial charge in [0.25, 0.3) is 0 Å². The minimum atomic E-state index is -0.722. The van der Waals surface area contributed by atoms with E-state index in [2.05, 4.69) is 16.7 Å². The molecule has 1 saturated carbocycles. The molecular weight excluding hydrogens is 328 g/mol. The highest BCUT2D eigenvalue weighted by Gasteiger charge is 2.29. The first-order chi connectivity index (χ1) is 11.6. The summed E-state index contributed by atoms with van der Waals surface area (Å²) in [4.78, 5) is 24.4. The largest absolute Gasteiger partial charge is 0.481 e. The van der Waals surface area contributed by atoms with Crippen LogP contribution >= 0.6 is 11.3 Å². The van der Waals surface area contributed by atoms with Crippen LogP contribution in [0, 0.1) is 5.92 Å². The van der Waals surface area contributed by atoms with Crippen LogP contribution in [-0.2, 0) is 9.53 Å². The maximum absolute atomic E-state index is 12.2. The second-order valence-corrected chi connectivity index (χ2v) is 7.58. The number of aliphatic carboxylic acids is 1. The quantitative estimate of drug-likeness (QED) is 0.777. The highest BCUT2D eigenvalue weighted by molar-refractivity contribution is 7.10. The monoisotopic (exact) mass is 352 g/mol. The van der Waals surface area contributed by atoms with Gasteiger partial charge in [-0.1, -0.05) is 6.07 Å². The first-order valence-corrected chi connectivity index (χ1v) is 9.44. The van der Waals surface area contributed by atoms with Gasteiger partial charge in [-0.3, -0.25) is 4.79 Å². The van der Waals surface area contributed by atoms with Crippen LogP contribution in [0.4, 0.5) is 4.79 Å². The zero-order chi connectivity index (χ0) is 16.9. The van der Waals surface area contributed by atoms with Crippen LogP contribution in [0.3, 0.4) is 0 Å². The van der Waals surface area contributed by atoms with Crippen molar-refractivity contribution in [3.05, 3.63) is 22.4 Å². The van der Waals surface area contributed by atoms with Crippen molar-refractivity contribution in [1.82, 2.24) is 10.6 Å². The highest BCUT2D eigenvalue weighted by atomic mass is 32.1. The molecule has 24 heavy (non-hydrogen) atoms. The van der Waals surface area contributed by atoms with Crippen molar-refractivity contribution in [1.29, 1.82) is 0 Å². The Morgan fingerprint density at radius 2 is 1.88 bits per heavy atom. The Bertz CT molecular complexity index is 555. The molecule has 2 atom stereocenters. The summed E-state index contributed by atoms with van der Waals surface area (Å²) < 4.78 is 5.80. The van der Waals surface area contributed by atoms with Gasteiger partial charge < -0.3 is 20.5 Å². The molecule has 1 aliphatic heterocycles. The fourth-order valence-electron chi connectivity index (χ4n) is 3.50. The van der Waals surface area contributed by atoms with Crippen LogP contribution in [-0.4, -0.2) is 35.8 Å². The van der Waals surface area contributed by atoms with Crippen molar-refractivity contribution in [3.8, 4) is 0 Å². The van der Waals surface area contributed by atoms with E-state index in [1.165, 1.54) is 4.88 Å². The second kappa shape index (κ2) is 7.98. The average molecular weight is 352 g/mol. The number of ether oxygens (including phenoxy) is 1. The Kier molecular flexibility index (Phi) is 5.73. The van der Waals surface area contributed by atoms with Crippen molar-refractivity contribution in [2.24, 2.45) is 5.92 Å². The molecule has 2 fully saturated rings. The summed E-state index contributed by atoms with van der Waals surface area (Å²) in [6.07, 6.45) is 4.41. The Morgan fingerprint density at radius 1 is 1.12 bits per heavy atom. The SMILES string of the molecule is O=C(NC1CCC(C(=O)O)CC1)N[C@@H]1CCO[C@@H](c2cccs2)C1. The van der Waals surface area contributed by atoms with E-state index in [-0.39, 0.29) is 30.1 Å². The summed E-state index contributed by atoms with van der Waals surface area (Å²) in [5, 5.41) is 17.1. The van der Waals surface area contributed by atoms with Gasteiger partial charge in [0.15, 0.2) is 0 Å². The second-order valence-electron chi connectivity index (χ2n) is 6.60. The van der Waals surface area contributed by atoms with Crippen molar-refractivity contribution in [2.75, 3.05) is 6.61 Å². The van der Waals surface area contributed by atoms with E-state index in [9.17, 15) is 9.59 Å². The maximum atomic E-state index is 12.2. The van der Waals surface area contributed by atoms with Crippen LogP contribution in [0.15, 0.2) is 17.5 Å². The first kappa shape index (κ1) is 17.2. The summed E-state index contributed by atoms with van der Waals surface area (Å²) >= 11 is 1.68. The van der Waals surface area contributed by atoms with E-state index in [0.717, 1.165) is 25.7 Å². The lowest BCUT2D eigenvalue weighted by Gasteiger charge is -2.31. The molecule has 1 aromatic heterocycles. The third-order valence-corrected chi connectivity index (χ3v) is 5.86. The number of carboxylic acid groups (broad SMARTS) is 1. The first-order valence-electron chi connectivity index (χ1n) is 8.56. The number of carbonyl (C=O) groups excluding carboxylic acids is 1. The van der Waals surface area contributed by atoms with Gasteiger partial charge in [0, 0.05) is 23.6 Å². The molecule has 2 heterocycles. The van der Waals surface area contributed by atoms with Gasteiger partial charge in [0.1, 0.15) is 0 Å². The third-order valence-electron chi connectivity index (χ3n) is 4.89. The molecule has 0 unspecified atom stereocenters. The van der Waals surface area contributed by atoms with Gasteiger partial charge >= 0.3 is 12.0 Å². The van der Waals surface area contributed by atoms with Crippen molar-refractivity contribution >= 4 is 23.3 Å². The molecule has 7 heteroatoms. The summed E-state index contributed by atoms with van der Waals surface area (Å²) in [6, 6.07) is 4.12. The summed E-state index contributed by atoms with van der Waals surface area (Å²) in [5.41, 5.74) is 0. The lowest BCUT2D eigenvalue weighted by Crippen LogP contribution is -2.49. The van der Waals surface area contributed by atoms with Crippen LogP contribution in [0.2, 0.25) is 0 Å². The third kappa shape index (κ3) is 4.48. The molecule has 0 bridgehead atoms. The molecule has 3 rings (SSSR count). The van der Waals surface area contributed by atoms with E-state index in [0.29, 0.717) is 19.4 Å². The molecule has 132 valence electrons. The summed E-state index contributed by atoms with van der Waals surface area (Å²) in [5.74, 6) is -0.979. The normalized spacial score (nSPS) is 30.5. The number of rotatable bonds is 4. The van der Waals surface area contributed by atoms with Crippen LogP contribution in [0.25, 0.3) is 0 Å². The fraction of sp³-hybridized carbons (Fsp3) is 0.647. The number of urea groups is 1. The number of carboxylic acids is 1. The van der Waals surface area contributed by atoms with Crippen molar-refractivity contribution in [2.45, 2.75) is 56.7 Å². The van der Waals surface area contributed by atoms with Gasteiger partial charge in [-0.15, -0.1) is 11.3 Å². The van der Waals surface area contributed by atoms with E-state index in [1.807, 2.05) is 11.4 Å². The molecule has 1 aliphatic carbocycles. The van der Waals surface area contributed by atoms with Crippen LogP contribution in [0.5, 0.6) is 0 Å². The molecule has 0 aromatic carbocycles. The molecule has 6 nitrogen and oxygen atoms in total. The number of carbonyl (C=O) groups is 2. The predicted molar refractivity (Wildman–Crippen MR) is 91.1 cm³/mol. The van der Waals surface area contributed by atoms with Gasteiger partial charge in [-0.05, 0) is 50.0 Å². The summed E-state index contributed by atoms with van der Waals surface area (Å²) in [6.45, 7) is 0.650. The molecule has 1 aromatic rings. The number of nitrogens with one attached hydrogen (secondary N) is 2. The molecular formula is C17H24N2O4S. The topological polar surface area (TPSA) is 87.7 Å². The van der Waals surface area contributed by atoms with Gasteiger partial charge in [-0.2, -0.15) is 0 Å². The van der Waals surface area contributed by atoms with E-state index in [1.54, 1.807) is 11.3 Å². The molecule has 0 spiro atoms. The standard InChI is InChI=1S/C17H24N2O4S/c20-16(21)11-3-5-12(6-4-11)18-17(22)19-13-7-8-23-14(10-13)15-2-1-9-24-15/h1-2,9,11-14H,3-8,10H2,(H,20,21)(H2,18,19,22)/t11?,12?,13-,14-/m1/s1. The number of hydrogen-bond acceptors (Lipinski definition) is 4. The summed E-state index contributed by atoms with van der Waals surface area (Å²) in [7, 11) is 0. The van der Waals surface area contributed by atoms with Crippen LogP contribution in [0.1, 0.15) is 49.5 Å². The zero-order valence-electron chi connectivity index (χ0n) is 13.6. The van der Waals surface area contributed by atoms with Crippen LogP contribution < -0.4 is 10.6 Å². The molecule has 3 N–H and O–H groups in total. The van der Waals surface area contributed by atoms with E-state index < -0.39 is 5.97 Å². The molecule has 2 amide bonds. The highest BCUT2D eigenvalue weighted by Crippen LogP contribution is 2.31. The molecule has 1 saturated heterocycles. The number of thiophene rings is 1. The fourth-order valence-corrected chi connectivity index (χ4v) is 4.29. The minimum absolute atomic E-state index is 0.0649. The molecule has 0 radical (unpaired) electrons. The van der Waals surface area contributed by atoms with Crippen molar-refractivity contribution < 1.29 is 19.4 Å². The van der Waals surface area contributed by atoms with Gasteiger partial charge in [-0.25, -0.2) is 4.79 Å². The van der Waals surface area contributed by atoms with E-state index >= 15 is 0 Å². The smallest absolute Gasteiger partial charge is 0.315 e. The Balaban J connectivity index is 1.43. The number of hydrogen-bond donors (Lipinski definition) is 3. The predicted octanol–water partition coefficient (Wildman–Crippen LogP) is 2.91. The van der Waals surface area contributed by atoms with E-state index in [4.69, 9.17) is 9.84 Å². The average Bonchev–Trinajstić information content (AvgIpc) is 3.10. The van der Waals surface area contributed by atoms with Gasteiger partial charge in [0.2, 0.25) is 0 Å². The maximum Gasteiger partial charge on any atom is 0.315 e.